The summed E-state index contributed by atoms with van der Waals surface area (Å²) in [6.07, 6.45) is -5.00. The zero-order chi connectivity index (χ0) is 20.8. The van der Waals surface area contributed by atoms with Gasteiger partial charge in [0.15, 0.2) is 0 Å². The molecule has 0 aliphatic carbocycles. The number of alkyl halides is 3. The number of para-hydroxylation sites is 1. The summed E-state index contributed by atoms with van der Waals surface area (Å²) in [5.41, 5.74) is 3.34. The van der Waals surface area contributed by atoms with Gasteiger partial charge in [-0.05, 0) is 36.4 Å². The number of sulfonamides is 1. The molecule has 0 aliphatic rings. The standard InChI is InChI=1S/C17H18F3N3O4S/c1-23(13-5-3-2-4-6-13)22-16(24)11-12-21-28(25,26)15-9-7-14(8-10-15)27-17(18,19)20/h2-10,21H,11-12H2,1H3,(H,22,24). The van der Waals surface area contributed by atoms with Crippen LogP contribution >= 0.6 is 0 Å². The van der Waals surface area contributed by atoms with Gasteiger partial charge in [0.05, 0.1) is 10.6 Å². The summed E-state index contributed by atoms with van der Waals surface area (Å²) in [5, 5.41) is 1.50. The van der Waals surface area contributed by atoms with E-state index in [1.807, 2.05) is 6.07 Å². The molecule has 2 rings (SSSR count). The number of halogens is 3. The number of hydrazine groups is 1. The number of hydrogen-bond donors (Lipinski definition) is 2. The Kier molecular flexibility index (Phi) is 6.86. The van der Waals surface area contributed by atoms with Crippen LogP contribution in [0.25, 0.3) is 0 Å². The fourth-order valence-electron chi connectivity index (χ4n) is 2.16. The van der Waals surface area contributed by atoms with Gasteiger partial charge in [0, 0.05) is 20.0 Å². The number of benzene rings is 2. The van der Waals surface area contributed by atoms with Crippen LogP contribution in [0.4, 0.5) is 18.9 Å². The second-order valence-corrected chi connectivity index (χ2v) is 7.36. The van der Waals surface area contributed by atoms with Gasteiger partial charge in [-0.2, -0.15) is 0 Å². The van der Waals surface area contributed by atoms with Gasteiger partial charge >= 0.3 is 6.36 Å². The maximum atomic E-state index is 12.1. The Balaban J connectivity index is 1.85. The number of anilines is 1. The zero-order valence-electron chi connectivity index (χ0n) is 14.7. The van der Waals surface area contributed by atoms with Gasteiger partial charge in [-0.1, -0.05) is 18.2 Å². The zero-order valence-corrected chi connectivity index (χ0v) is 15.5. The van der Waals surface area contributed by atoms with Crippen LogP contribution in [-0.2, 0) is 14.8 Å². The molecule has 0 fully saturated rings. The number of nitrogens with one attached hydrogen (secondary N) is 2. The molecule has 0 unspecified atom stereocenters. The molecule has 0 atom stereocenters. The van der Waals surface area contributed by atoms with Crippen molar-refractivity contribution in [3.05, 3.63) is 54.6 Å². The molecule has 0 bridgehead atoms. The highest BCUT2D eigenvalue weighted by molar-refractivity contribution is 7.89. The highest BCUT2D eigenvalue weighted by atomic mass is 32.2. The number of rotatable bonds is 8. The molecule has 2 aromatic carbocycles. The van der Waals surface area contributed by atoms with Gasteiger partial charge in [-0.3, -0.25) is 15.2 Å². The summed E-state index contributed by atoms with van der Waals surface area (Å²) >= 11 is 0. The molecule has 11 heteroatoms. The van der Waals surface area contributed by atoms with E-state index in [0.717, 1.165) is 30.0 Å². The van der Waals surface area contributed by atoms with E-state index in [1.54, 1.807) is 31.3 Å². The molecule has 1 amide bonds. The normalized spacial score (nSPS) is 11.7. The fraction of sp³-hybridized carbons (Fsp3) is 0.235. The maximum absolute atomic E-state index is 12.1. The van der Waals surface area contributed by atoms with Crippen LogP contribution in [0.15, 0.2) is 59.5 Å². The van der Waals surface area contributed by atoms with Crippen molar-refractivity contribution in [1.82, 2.24) is 10.1 Å². The van der Waals surface area contributed by atoms with E-state index in [0.29, 0.717) is 0 Å². The third kappa shape index (κ3) is 6.74. The largest absolute Gasteiger partial charge is 0.573 e. The third-order valence-electron chi connectivity index (χ3n) is 3.45. The SMILES string of the molecule is CN(NC(=O)CCNS(=O)(=O)c1ccc(OC(F)(F)F)cc1)c1ccccc1. The average molecular weight is 417 g/mol. The van der Waals surface area contributed by atoms with Crippen LogP contribution in [0.3, 0.4) is 0 Å². The van der Waals surface area contributed by atoms with Crippen molar-refractivity contribution in [2.75, 3.05) is 18.6 Å². The Morgan fingerprint density at radius 1 is 1.07 bits per heavy atom. The van der Waals surface area contributed by atoms with Gasteiger partial charge in [0.25, 0.3) is 0 Å². The van der Waals surface area contributed by atoms with E-state index in [1.165, 1.54) is 5.01 Å². The first kappa shape index (κ1) is 21.5. The molecular weight excluding hydrogens is 399 g/mol. The average Bonchev–Trinajstić information content (AvgIpc) is 2.61. The molecule has 0 spiro atoms. The number of carbonyl (C=O) groups is 1. The number of ether oxygens (including phenoxy) is 1. The Morgan fingerprint density at radius 3 is 2.25 bits per heavy atom. The monoisotopic (exact) mass is 417 g/mol. The van der Waals surface area contributed by atoms with Crippen molar-refractivity contribution in [2.24, 2.45) is 0 Å². The smallest absolute Gasteiger partial charge is 0.406 e. The molecule has 152 valence electrons. The predicted octanol–water partition coefficient (Wildman–Crippen LogP) is 2.42. The Labute approximate surface area is 160 Å². The Hall–Kier alpha value is -2.79. The molecule has 0 saturated carbocycles. The molecule has 0 radical (unpaired) electrons. The highest BCUT2D eigenvalue weighted by Crippen LogP contribution is 2.23. The predicted molar refractivity (Wildman–Crippen MR) is 95.9 cm³/mol. The second kappa shape index (κ2) is 8.93. The molecule has 0 aliphatic heterocycles. The molecule has 0 heterocycles. The van der Waals surface area contributed by atoms with Crippen LogP contribution < -0.4 is 19.9 Å². The lowest BCUT2D eigenvalue weighted by Gasteiger charge is -2.20. The molecule has 28 heavy (non-hydrogen) atoms. The van der Waals surface area contributed by atoms with E-state index in [9.17, 15) is 26.4 Å². The van der Waals surface area contributed by atoms with E-state index in [2.05, 4.69) is 14.9 Å². The summed E-state index contributed by atoms with van der Waals surface area (Å²) < 4.78 is 66.5. The molecule has 7 nitrogen and oxygen atoms in total. The van der Waals surface area contributed by atoms with Crippen molar-refractivity contribution >= 4 is 21.6 Å². The second-order valence-electron chi connectivity index (χ2n) is 5.60. The first-order chi connectivity index (χ1) is 13.1. The summed E-state index contributed by atoms with van der Waals surface area (Å²) in [6, 6.07) is 12.8. The summed E-state index contributed by atoms with van der Waals surface area (Å²) in [7, 11) is -2.34. The van der Waals surface area contributed by atoms with Gasteiger partial charge in [0.1, 0.15) is 5.75 Å². The van der Waals surface area contributed by atoms with Crippen LogP contribution in [0.1, 0.15) is 6.42 Å². The van der Waals surface area contributed by atoms with Crippen molar-refractivity contribution in [3.63, 3.8) is 0 Å². The molecule has 0 saturated heterocycles. The molecule has 0 aromatic heterocycles. The Morgan fingerprint density at radius 2 is 1.68 bits per heavy atom. The van der Waals surface area contributed by atoms with E-state index >= 15 is 0 Å². The summed E-state index contributed by atoms with van der Waals surface area (Å²) in [4.78, 5) is 11.7. The van der Waals surface area contributed by atoms with Gasteiger partial charge in [-0.15, -0.1) is 13.2 Å². The van der Waals surface area contributed by atoms with E-state index < -0.39 is 28.0 Å². The van der Waals surface area contributed by atoms with Gasteiger partial charge in [-0.25, -0.2) is 13.1 Å². The molecule has 2 N–H and O–H groups in total. The molecule has 2 aromatic rings. The van der Waals surface area contributed by atoms with Crippen molar-refractivity contribution in [2.45, 2.75) is 17.7 Å². The lowest BCUT2D eigenvalue weighted by atomic mass is 10.3. The summed E-state index contributed by atoms with van der Waals surface area (Å²) in [6.45, 7) is -0.183. The van der Waals surface area contributed by atoms with Crippen molar-refractivity contribution < 1.29 is 31.1 Å². The Bertz CT molecular complexity index is 888. The van der Waals surface area contributed by atoms with Gasteiger partial charge in [0.2, 0.25) is 15.9 Å². The van der Waals surface area contributed by atoms with E-state index in [4.69, 9.17) is 0 Å². The summed E-state index contributed by atoms with van der Waals surface area (Å²) in [5.74, 6) is -0.947. The first-order valence-electron chi connectivity index (χ1n) is 8.00. The van der Waals surface area contributed by atoms with Crippen LogP contribution in [0.2, 0.25) is 0 Å². The molecular formula is C17H18F3N3O4S. The highest BCUT2D eigenvalue weighted by Gasteiger charge is 2.31. The van der Waals surface area contributed by atoms with Crippen LogP contribution in [-0.4, -0.2) is 34.3 Å². The minimum Gasteiger partial charge on any atom is -0.406 e. The third-order valence-corrected chi connectivity index (χ3v) is 4.92. The number of carbonyl (C=O) groups excluding carboxylic acids is 1. The number of nitrogens with zero attached hydrogens (tertiary/aromatic N) is 1. The quantitative estimate of drug-likeness (QED) is 0.644. The van der Waals surface area contributed by atoms with Crippen molar-refractivity contribution in [1.29, 1.82) is 0 Å². The van der Waals surface area contributed by atoms with Gasteiger partial charge < -0.3 is 4.74 Å². The van der Waals surface area contributed by atoms with Crippen LogP contribution in [0.5, 0.6) is 5.75 Å². The topological polar surface area (TPSA) is 87.7 Å². The minimum absolute atomic E-state index is 0.133. The maximum Gasteiger partial charge on any atom is 0.573 e. The lowest BCUT2D eigenvalue weighted by molar-refractivity contribution is -0.274. The first-order valence-corrected chi connectivity index (χ1v) is 9.49. The fourth-order valence-corrected chi connectivity index (χ4v) is 3.19. The number of hydrogen-bond acceptors (Lipinski definition) is 5. The van der Waals surface area contributed by atoms with Crippen LogP contribution in [0, 0.1) is 0 Å². The van der Waals surface area contributed by atoms with E-state index in [-0.39, 0.29) is 17.9 Å². The minimum atomic E-state index is -4.86. The number of amides is 1. The lowest BCUT2D eigenvalue weighted by Crippen LogP contribution is -2.40. The van der Waals surface area contributed by atoms with Crippen molar-refractivity contribution in [3.8, 4) is 5.75 Å².